The molecular formula is C33H33FN5O5S-. The molecule has 234 valence electrons. The topological polar surface area (TPSA) is 122 Å². The molecule has 2 atom stereocenters. The number of carboxylic acid groups (broad SMARTS) is 1. The van der Waals surface area contributed by atoms with Gasteiger partial charge >= 0.3 is 5.97 Å². The fraction of sp³-hybridized carbons (Fsp3) is 0.303. The Morgan fingerprint density at radius 2 is 1.64 bits per heavy atom. The highest BCUT2D eigenvalue weighted by molar-refractivity contribution is 7.76. The van der Waals surface area contributed by atoms with E-state index >= 15 is 0 Å². The fourth-order valence-electron chi connectivity index (χ4n) is 5.42. The van der Waals surface area contributed by atoms with Crippen LogP contribution in [0.3, 0.4) is 0 Å². The zero-order valence-electron chi connectivity index (χ0n) is 25.1. The SMILES string of the molecule is Cc1nc2ccc(C#Cc3ccc(N4CCN(N(C(C(=O)O)C(C)C)S(=O)[O-])CC4)cc3)cc2c(=O)n1Cc1ccc(F)cc1. The van der Waals surface area contributed by atoms with Gasteiger partial charge in [0.15, 0.2) is 0 Å². The second-order valence-electron chi connectivity index (χ2n) is 11.2. The van der Waals surface area contributed by atoms with Crippen LogP contribution in [-0.4, -0.2) is 71.0 Å². The summed E-state index contributed by atoms with van der Waals surface area (Å²) in [5.41, 5.74) is 3.57. The molecule has 0 saturated carbocycles. The van der Waals surface area contributed by atoms with E-state index in [-0.39, 0.29) is 17.9 Å². The molecule has 2 heterocycles. The lowest BCUT2D eigenvalue weighted by Crippen LogP contribution is -2.60. The number of aromatic nitrogens is 2. The Morgan fingerprint density at radius 1 is 1.02 bits per heavy atom. The molecule has 0 radical (unpaired) electrons. The monoisotopic (exact) mass is 630 g/mol. The van der Waals surface area contributed by atoms with Gasteiger partial charge in [0.25, 0.3) is 5.56 Å². The molecule has 1 N–H and O–H groups in total. The summed E-state index contributed by atoms with van der Waals surface area (Å²) < 4.78 is 39.8. The number of piperazine rings is 1. The minimum absolute atomic E-state index is 0.192. The van der Waals surface area contributed by atoms with Crippen LogP contribution < -0.4 is 10.5 Å². The second kappa shape index (κ2) is 13.7. The first-order valence-corrected chi connectivity index (χ1v) is 15.5. The molecular weight excluding hydrogens is 597 g/mol. The predicted molar refractivity (Wildman–Crippen MR) is 169 cm³/mol. The maximum Gasteiger partial charge on any atom is 0.323 e. The van der Waals surface area contributed by atoms with Gasteiger partial charge in [-0.1, -0.05) is 37.8 Å². The van der Waals surface area contributed by atoms with E-state index in [0.717, 1.165) is 21.2 Å². The Bertz CT molecular complexity index is 1840. The summed E-state index contributed by atoms with van der Waals surface area (Å²) in [7, 11) is 0. The van der Waals surface area contributed by atoms with E-state index in [4.69, 9.17) is 0 Å². The third-order valence-corrected chi connectivity index (χ3v) is 8.56. The first kappa shape index (κ1) is 32.0. The summed E-state index contributed by atoms with van der Waals surface area (Å²) >= 11 is -2.71. The number of hydrazine groups is 1. The molecule has 0 spiro atoms. The zero-order valence-corrected chi connectivity index (χ0v) is 26.0. The molecule has 1 saturated heterocycles. The van der Waals surface area contributed by atoms with Crippen LogP contribution in [0.15, 0.2) is 71.5 Å². The van der Waals surface area contributed by atoms with Crippen molar-refractivity contribution in [1.82, 2.24) is 19.0 Å². The number of aliphatic carboxylic acids is 1. The summed E-state index contributed by atoms with van der Waals surface area (Å²) in [6.07, 6.45) is 0. The van der Waals surface area contributed by atoms with Crippen molar-refractivity contribution in [2.45, 2.75) is 33.4 Å². The van der Waals surface area contributed by atoms with Crippen LogP contribution in [0, 0.1) is 30.5 Å². The fourth-order valence-corrected chi connectivity index (χ4v) is 6.29. The summed E-state index contributed by atoms with van der Waals surface area (Å²) in [5, 5.41) is 11.6. The van der Waals surface area contributed by atoms with Crippen molar-refractivity contribution >= 4 is 33.8 Å². The zero-order chi connectivity index (χ0) is 32.2. The minimum Gasteiger partial charge on any atom is -0.759 e. The van der Waals surface area contributed by atoms with Crippen LogP contribution >= 0.6 is 0 Å². The number of halogens is 1. The number of fused-ring (bicyclic) bond motifs is 1. The van der Waals surface area contributed by atoms with Crippen LogP contribution in [0.1, 0.15) is 36.4 Å². The summed E-state index contributed by atoms with van der Waals surface area (Å²) in [6.45, 7) is 7.17. The van der Waals surface area contributed by atoms with Gasteiger partial charge < -0.3 is 14.6 Å². The number of aryl methyl sites for hydroxylation is 1. The molecule has 1 aliphatic rings. The van der Waals surface area contributed by atoms with E-state index in [1.165, 1.54) is 12.1 Å². The number of hydrogen-bond donors (Lipinski definition) is 1. The molecule has 1 aliphatic heterocycles. The van der Waals surface area contributed by atoms with Gasteiger partial charge in [-0.2, -0.15) is 4.41 Å². The number of carboxylic acids is 1. The number of benzene rings is 3. The van der Waals surface area contributed by atoms with Crippen LogP contribution in [0.25, 0.3) is 10.9 Å². The molecule has 0 amide bonds. The summed E-state index contributed by atoms with van der Waals surface area (Å²) in [5.74, 6) is 4.93. The lowest BCUT2D eigenvalue weighted by Gasteiger charge is -2.45. The van der Waals surface area contributed by atoms with Crippen molar-refractivity contribution in [1.29, 1.82) is 0 Å². The Hall–Kier alpha value is -4.41. The average molecular weight is 631 g/mol. The Labute approximate surface area is 263 Å². The molecule has 4 aromatic rings. The van der Waals surface area contributed by atoms with Crippen molar-refractivity contribution in [2.75, 3.05) is 31.1 Å². The van der Waals surface area contributed by atoms with Gasteiger partial charge in [-0.25, -0.2) is 14.4 Å². The number of nitrogens with zero attached hydrogens (tertiary/aromatic N) is 5. The third-order valence-electron chi connectivity index (χ3n) is 7.79. The molecule has 5 rings (SSSR count). The summed E-state index contributed by atoms with van der Waals surface area (Å²) in [4.78, 5) is 31.8. The average Bonchev–Trinajstić information content (AvgIpc) is 3.01. The predicted octanol–water partition coefficient (Wildman–Crippen LogP) is 3.53. The van der Waals surface area contributed by atoms with Gasteiger partial charge in [0.2, 0.25) is 0 Å². The van der Waals surface area contributed by atoms with Crippen LogP contribution in [0.2, 0.25) is 0 Å². The number of carbonyl (C=O) groups is 1. The molecule has 0 aliphatic carbocycles. The van der Waals surface area contributed by atoms with Gasteiger partial charge in [-0.15, -0.1) is 0 Å². The highest BCUT2D eigenvalue weighted by atomic mass is 32.2. The Kier molecular flexibility index (Phi) is 9.74. The molecule has 0 bridgehead atoms. The van der Waals surface area contributed by atoms with Crippen molar-refractivity contribution in [3.05, 3.63) is 105 Å². The first-order valence-electron chi connectivity index (χ1n) is 14.5. The van der Waals surface area contributed by atoms with Crippen molar-refractivity contribution in [3.8, 4) is 11.8 Å². The summed E-state index contributed by atoms with van der Waals surface area (Å²) in [6, 6.07) is 17.9. The maximum absolute atomic E-state index is 13.4. The molecule has 12 heteroatoms. The third kappa shape index (κ3) is 7.29. The molecule has 45 heavy (non-hydrogen) atoms. The van der Waals surface area contributed by atoms with Crippen LogP contribution in [0.5, 0.6) is 0 Å². The molecule has 3 aromatic carbocycles. The molecule has 2 unspecified atom stereocenters. The van der Waals surface area contributed by atoms with Crippen molar-refractivity contribution in [2.24, 2.45) is 5.92 Å². The smallest absolute Gasteiger partial charge is 0.323 e. The van der Waals surface area contributed by atoms with E-state index in [9.17, 15) is 27.8 Å². The van der Waals surface area contributed by atoms with Crippen molar-refractivity contribution in [3.63, 3.8) is 0 Å². The van der Waals surface area contributed by atoms with Gasteiger partial charge in [-0.05, 0) is 73.0 Å². The van der Waals surface area contributed by atoms with Gasteiger partial charge in [0.1, 0.15) is 17.7 Å². The van der Waals surface area contributed by atoms with E-state index < -0.39 is 29.2 Å². The van der Waals surface area contributed by atoms with E-state index in [1.807, 2.05) is 30.3 Å². The van der Waals surface area contributed by atoms with Crippen LogP contribution in [0.4, 0.5) is 10.1 Å². The highest BCUT2D eigenvalue weighted by Crippen LogP contribution is 2.22. The minimum atomic E-state index is -2.71. The lowest BCUT2D eigenvalue weighted by atomic mass is 10.1. The Morgan fingerprint density at radius 3 is 2.24 bits per heavy atom. The first-order chi connectivity index (χ1) is 21.5. The van der Waals surface area contributed by atoms with Gasteiger partial charge in [0, 0.05) is 54.3 Å². The van der Waals surface area contributed by atoms with E-state index in [1.54, 1.807) is 54.6 Å². The van der Waals surface area contributed by atoms with Gasteiger partial charge in [0.05, 0.1) is 17.4 Å². The van der Waals surface area contributed by atoms with E-state index in [2.05, 4.69) is 21.7 Å². The standard InChI is InChI=1S/C33H34FN5O5S/c1-22(2)31(33(41)42)39(45(43)44)37-18-16-36(17-19-37)28-13-8-24(9-14-28)4-5-25-10-15-30-29(20-25)32(40)38(23(3)35-30)21-26-6-11-27(34)12-7-26/h6-15,20,22,31H,16-19,21H2,1-3H3,(H,41,42)(H,43,44)/p-1. The number of hydrogen-bond acceptors (Lipinski definition) is 7. The molecule has 10 nitrogen and oxygen atoms in total. The number of rotatable bonds is 8. The second-order valence-corrected chi connectivity index (χ2v) is 12.0. The van der Waals surface area contributed by atoms with Crippen LogP contribution in [-0.2, 0) is 22.6 Å². The molecule has 1 fully saturated rings. The quantitative estimate of drug-likeness (QED) is 0.232. The maximum atomic E-state index is 13.4. The number of anilines is 1. The normalized spacial score (nSPS) is 15.2. The Balaban J connectivity index is 1.28. The van der Waals surface area contributed by atoms with Crippen molar-refractivity contribution < 1.29 is 23.1 Å². The highest BCUT2D eigenvalue weighted by Gasteiger charge is 2.35. The lowest BCUT2D eigenvalue weighted by molar-refractivity contribution is -0.149. The molecule has 1 aromatic heterocycles. The van der Waals surface area contributed by atoms with E-state index in [0.29, 0.717) is 48.5 Å². The van der Waals surface area contributed by atoms with Gasteiger partial charge in [-0.3, -0.25) is 18.4 Å². The largest absolute Gasteiger partial charge is 0.759 e.